The highest BCUT2D eigenvalue weighted by Gasteiger charge is 2.22. The molecular formula is C19H21NO5. The molecule has 0 aliphatic carbocycles. The minimum absolute atomic E-state index is 0.00797. The minimum atomic E-state index is -0.990. The second kappa shape index (κ2) is 8.19. The molecule has 1 amide bonds. The van der Waals surface area contributed by atoms with Gasteiger partial charge in [-0.3, -0.25) is 9.59 Å². The SMILES string of the molecule is COc1cc(C)c(C(=O)NCC(C(=O)O)c2ccccc2)cc1OC. The van der Waals surface area contributed by atoms with E-state index in [2.05, 4.69) is 5.32 Å². The van der Waals surface area contributed by atoms with Gasteiger partial charge in [-0.15, -0.1) is 0 Å². The second-order valence-electron chi connectivity index (χ2n) is 5.53. The molecule has 0 saturated heterocycles. The van der Waals surface area contributed by atoms with Gasteiger partial charge in [0, 0.05) is 12.1 Å². The third-order valence-electron chi connectivity index (χ3n) is 3.94. The molecule has 0 aliphatic rings. The summed E-state index contributed by atoms with van der Waals surface area (Å²) in [6, 6.07) is 12.1. The number of carboxylic acids is 1. The highest BCUT2D eigenvalue weighted by Crippen LogP contribution is 2.30. The number of methoxy groups -OCH3 is 2. The highest BCUT2D eigenvalue weighted by molar-refractivity contribution is 5.96. The summed E-state index contributed by atoms with van der Waals surface area (Å²) in [7, 11) is 3.01. The van der Waals surface area contributed by atoms with Gasteiger partial charge in [0.1, 0.15) is 0 Å². The number of aliphatic carboxylic acids is 1. The Kier molecular flexibility index (Phi) is 6.00. The van der Waals surface area contributed by atoms with Crippen LogP contribution in [0.25, 0.3) is 0 Å². The van der Waals surface area contributed by atoms with Crippen LogP contribution in [0.1, 0.15) is 27.4 Å². The molecule has 2 aromatic carbocycles. The Morgan fingerprint density at radius 2 is 1.68 bits per heavy atom. The predicted molar refractivity (Wildman–Crippen MR) is 93.4 cm³/mol. The van der Waals surface area contributed by atoms with Gasteiger partial charge >= 0.3 is 5.97 Å². The van der Waals surface area contributed by atoms with Gasteiger partial charge in [0.05, 0.1) is 20.1 Å². The predicted octanol–water partition coefficient (Wildman–Crippen LogP) is 2.61. The number of carboxylic acid groups (broad SMARTS) is 1. The zero-order valence-electron chi connectivity index (χ0n) is 14.4. The van der Waals surface area contributed by atoms with Crippen molar-refractivity contribution in [3.8, 4) is 11.5 Å². The van der Waals surface area contributed by atoms with E-state index in [9.17, 15) is 14.7 Å². The first-order chi connectivity index (χ1) is 12.0. The lowest BCUT2D eigenvalue weighted by molar-refractivity contribution is -0.138. The molecule has 2 N–H and O–H groups in total. The zero-order chi connectivity index (χ0) is 18.4. The van der Waals surface area contributed by atoms with E-state index in [1.54, 1.807) is 43.3 Å². The van der Waals surface area contributed by atoms with Gasteiger partial charge in [-0.1, -0.05) is 30.3 Å². The van der Waals surface area contributed by atoms with Crippen molar-refractivity contribution in [2.45, 2.75) is 12.8 Å². The molecule has 0 aliphatic heterocycles. The summed E-state index contributed by atoms with van der Waals surface area (Å²) in [6.07, 6.45) is 0. The largest absolute Gasteiger partial charge is 0.493 e. The number of hydrogen-bond acceptors (Lipinski definition) is 4. The van der Waals surface area contributed by atoms with Crippen molar-refractivity contribution in [3.05, 3.63) is 59.2 Å². The Morgan fingerprint density at radius 3 is 2.24 bits per heavy atom. The Labute approximate surface area is 146 Å². The van der Waals surface area contributed by atoms with E-state index < -0.39 is 11.9 Å². The molecule has 0 aromatic heterocycles. The fourth-order valence-corrected chi connectivity index (χ4v) is 2.55. The van der Waals surface area contributed by atoms with Crippen LogP contribution in [0.3, 0.4) is 0 Å². The number of carbonyl (C=O) groups excluding carboxylic acids is 1. The molecule has 6 nitrogen and oxygen atoms in total. The molecule has 0 saturated carbocycles. The van der Waals surface area contributed by atoms with E-state index in [4.69, 9.17) is 9.47 Å². The van der Waals surface area contributed by atoms with Crippen molar-refractivity contribution < 1.29 is 24.2 Å². The average molecular weight is 343 g/mol. The van der Waals surface area contributed by atoms with E-state index in [0.717, 1.165) is 0 Å². The van der Waals surface area contributed by atoms with Gasteiger partial charge in [0.2, 0.25) is 0 Å². The molecule has 1 unspecified atom stereocenters. The van der Waals surface area contributed by atoms with Gasteiger partial charge in [-0.25, -0.2) is 0 Å². The maximum atomic E-state index is 12.5. The van der Waals surface area contributed by atoms with Crippen molar-refractivity contribution in [1.82, 2.24) is 5.32 Å². The Balaban J connectivity index is 2.17. The van der Waals surface area contributed by atoms with Crippen LogP contribution in [0.5, 0.6) is 11.5 Å². The van der Waals surface area contributed by atoms with Gasteiger partial charge in [0.15, 0.2) is 11.5 Å². The van der Waals surface area contributed by atoms with Crippen LogP contribution in [0, 0.1) is 6.92 Å². The molecule has 0 fully saturated rings. The zero-order valence-corrected chi connectivity index (χ0v) is 14.4. The number of rotatable bonds is 7. The summed E-state index contributed by atoms with van der Waals surface area (Å²) in [6.45, 7) is 1.77. The third-order valence-corrected chi connectivity index (χ3v) is 3.94. The van der Waals surface area contributed by atoms with Crippen LogP contribution < -0.4 is 14.8 Å². The molecule has 0 spiro atoms. The number of carbonyl (C=O) groups is 2. The fourth-order valence-electron chi connectivity index (χ4n) is 2.55. The quantitative estimate of drug-likeness (QED) is 0.807. The van der Waals surface area contributed by atoms with Crippen LogP contribution >= 0.6 is 0 Å². The van der Waals surface area contributed by atoms with E-state index in [0.29, 0.717) is 28.2 Å². The van der Waals surface area contributed by atoms with E-state index in [1.807, 2.05) is 6.07 Å². The lowest BCUT2D eigenvalue weighted by atomic mass is 9.99. The van der Waals surface area contributed by atoms with E-state index in [1.165, 1.54) is 14.2 Å². The fraction of sp³-hybridized carbons (Fsp3) is 0.263. The van der Waals surface area contributed by atoms with Crippen LogP contribution in [0.4, 0.5) is 0 Å². The van der Waals surface area contributed by atoms with Gasteiger partial charge < -0.3 is 19.9 Å². The maximum absolute atomic E-state index is 12.5. The Hall–Kier alpha value is -3.02. The van der Waals surface area contributed by atoms with Crippen molar-refractivity contribution in [2.24, 2.45) is 0 Å². The summed E-state index contributed by atoms with van der Waals surface area (Å²) in [4.78, 5) is 24.0. The molecular weight excluding hydrogens is 322 g/mol. The van der Waals surface area contributed by atoms with Gasteiger partial charge in [-0.05, 0) is 30.2 Å². The van der Waals surface area contributed by atoms with Gasteiger partial charge in [0.25, 0.3) is 5.91 Å². The summed E-state index contributed by atoms with van der Waals surface area (Å²) in [5.41, 5.74) is 1.76. The van der Waals surface area contributed by atoms with Crippen LogP contribution in [-0.4, -0.2) is 37.7 Å². The van der Waals surface area contributed by atoms with Crippen molar-refractivity contribution in [2.75, 3.05) is 20.8 Å². The first-order valence-corrected chi connectivity index (χ1v) is 7.76. The first-order valence-electron chi connectivity index (χ1n) is 7.76. The lowest BCUT2D eigenvalue weighted by Gasteiger charge is -2.16. The summed E-state index contributed by atoms with van der Waals surface area (Å²) >= 11 is 0. The molecule has 1 atom stereocenters. The monoisotopic (exact) mass is 343 g/mol. The number of aryl methyl sites for hydroxylation is 1. The van der Waals surface area contributed by atoms with Crippen molar-refractivity contribution in [3.63, 3.8) is 0 Å². The smallest absolute Gasteiger partial charge is 0.312 e. The standard InChI is InChI=1S/C19H21NO5/c1-12-9-16(24-2)17(25-3)10-14(12)18(21)20-11-15(19(22)23)13-7-5-4-6-8-13/h4-10,15H,11H2,1-3H3,(H,20,21)(H,22,23). The minimum Gasteiger partial charge on any atom is -0.493 e. The number of nitrogens with one attached hydrogen (secondary N) is 1. The summed E-state index contributed by atoms with van der Waals surface area (Å²) in [5, 5.41) is 12.1. The van der Waals surface area contributed by atoms with Crippen LogP contribution in [-0.2, 0) is 4.79 Å². The molecule has 132 valence electrons. The maximum Gasteiger partial charge on any atom is 0.312 e. The third kappa shape index (κ3) is 4.29. The average Bonchev–Trinajstić information content (AvgIpc) is 2.62. The lowest BCUT2D eigenvalue weighted by Crippen LogP contribution is -2.32. The topological polar surface area (TPSA) is 84.9 Å². The van der Waals surface area contributed by atoms with Crippen LogP contribution in [0.2, 0.25) is 0 Å². The number of hydrogen-bond donors (Lipinski definition) is 2. The Morgan fingerprint density at radius 1 is 1.08 bits per heavy atom. The summed E-state index contributed by atoms with van der Waals surface area (Å²) < 4.78 is 10.4. The van der Waals surface area contributed by atoms with E-state index in [-0.39, 0.29) is 12.5 Å². The Bertz CT molecular complexity index is 758. The first kappa shape index (κ1) is 18.3. The molecule has 6 heteroatoms. The van der Waals surface area contributed by atoms with Crippen LogP contribution in [0.15, 0.2) is 42.5 Å². The molecule has 2 aromatic rings. The molecule has 0 heterocycles. The number of amides is 1. The molecule has 2 rings (SSSR count). The van der Waals surface area contributed by atoms with E-state index >= 15 is 0 Å². The number of ether oxygens (including phenoxy) is 2. The second-order valence-corrected chi connectivity index (χ2v) is 5.53. The van der Waals surface area contributed by atoms with Gasteiger partial charge in [-0.2, -0.15) is 0 Å². The molecule has 0 bridgehead atoms. The van der Waals surface area contributed by atoms with Crippen molar-refractivity contribution >= 4 is 11.9 Å². The number of benzene rings is 2. The molecule has 25 heavy (non-hydrogen) atoms. The highest BCUT2D eigenvalue weighted by atomic mass is 16.5. The normalized spacial score (nSPS) is 11.5. The van der Waals surface area contributed by atoms with Crippen molar-refractivity contribution in [1.29, 1.82) is 0 Å². The molecule has 0 radical (unpaired) electrons. The summed E-state index contributed by atoms with van der Waals surface area (Å²) in [5.74, 6) is -1.19.